The maximum Gasteiger partial charge on any atom is 0.264 e. The molecule has 5 heterocycles. The normalized spacial score (nSPS) is 17.4. The third-order valence-electron chi connectivity index (χ3n) is 7.45. The highest BCUT2D eigenvalue weighted by atomic mass is 32.1. The van der Waals surface area contributed by atoms with Gasteiger partial charge in [-0.05, 0) is 55.7 Å². The molecule has 0 atom stereocenters. The maximum atomic E-state index is 13.5. The molecule has 1 fully saturated rings. The molecule has 2 aliphatic rings. The van der Waals surface area contributed by atoms with E-state index in [9.17, 15) is 9.59 Å². The minimum atomic E-state index is 0.0303. The number of hydrogen-bond acceptors (Lipinski definition) is 4. The van der Waals surface area contributed by atoms with Crippen LogP contribution in [0, 0.1) is 6.92 Å². The van der Waals surface area contributed by atoms with E-state index in [-0.39, 0.29) is 11.5 Å². The molecule has 0 aliphatic carbocycles. The average Bonchev–Trinajstić information content (AvgIpc) is 3.32. The molecule has 0 spiro atoms. The molecule has 0 unspecified atom stereocenters. The summed E-state index contributed by atoms with van der Waals surface area (Å²) < 4.78 is 1.84. The summed E-state index contributed by atoms with van der Waals surface area (Å²) in [4.78, 5) is 38.3. The third-order valence-corrected chi connectivity index (χ3v) is 8.62. The average molecular weight is 461 g/mol. The highest BCUT2D eigenvalue weighted by Crippen LogP contribution is 2.35. The number of carbonyl (C=O) groups is 1. The molecule has 3 aromatic heterocycles. The van der Waals surface area contributed by atoms with E-state index >= 15 is 0 Å². The number of fused-ring (bicyclic) bond motifs is 3. The number of likely N-dealkylation sites (tertiary alicyclic amines) is 1. The fraction of sp³-hybridized carbons (Fsp3) is 0.423. The molecule has 0 bridgehead atoms. The van der Waals surface area contributed by atoms with Gasteiger partial charge in [-0.15, -0.1) is 11.3 Å². The maximum absolute atomic E-state index is 13.5. The highest BCUT2D eigenvalue weighted by Gasteiger charge is 2.29. The number of hydrogen-bond donors (Lipinski definition) is 1. The van der Waals surface area contributed by atoms with E-state index in [1.54, 1.807) is 0 Å². The summed E-state index contributed by atoms with van der Waals surface area (Å²) in [7, 11) is 0. The zero-order chi connectivity index (χ0) is 22.5. The van der Waals surface area contributed by atoms with E-state index in [4.69, 9.17) is 4.98 Å². The number of piperidine rings is 1. The van der Waals surface area contributed by atoms with Crippen molar-refractivity contribution in [3.8, 4) is 0 Å². The summed E-state index contributed by atoms with van der Waals surface area (Å²) in [6.07, 6.45) is 8.09. The van der Waals surface area contributed by atoms with Crippen LogP contribution in [0.4, 0.5) is 0 Å². The second-order valence-corrected chi connectivity index (χ2v) is 10.4. The third kappa shape index (κ3) is 3.41. The summed E-state index contributed by atoms with van der Waals surface area (Å²) in [5.41, 5.74) is 3.36. The van der Waals surface area contributed by atoms with Gasteiger partial charge in [-0.25, -0.2) is 4.98 Å². The van der Waals surface area contributed by atoms with Crippen molar-refractivity contribution in [1.29, 1.82) is 0 Å². The first kappa shape index (κ1) is 20.7. The van der Waals surface area contributed by atoms with Crippen LogP contribution in [0.3, 0.4) is 0 Å². The number of nitrogens with zero attached hydrogens (tertiary/aromatic N) is 3. The first-order valence-corrected chi connectivity index (χ1v) is 12.8. The summed E-state index contributed by atoms with van der Waals surface area (Å²) in [5.74, 6) is 1.38. The van der Waals surface area contributed by atoms with Crippen molar-refractivity contribution in [1.82, 2.24) is 19.4 Å². The van der Waals surface area contributed by atoms with E-state index < -0.39 is 0 Å². The number of nitrogens with one attached hydrogen (secondary N) is 1. The van der Waals surface area contributed by atoms with Gasteiger partial charge in [0.2, 0.25) is 0 Å². The number of para-hydroxylation sites is 1. The Labute approximate surface area is 196 Å². The fourth-order valence-corrected chi connectivity index (χ4v) is 6.74. The lowest BCUT2D eigenvalue weighted by atomic mass is 9.89. The largest absolute Gasteiger partial charge is 0.361 e. The van der Waals surface area contributed by atoms with Crippen LogP contribution in [0.1, 0.15) is 64.6 Å². The van der Waals surface area contributed by atoms with Crippen LogP contribution in [0.25, 0.3) is 21.1 Å². The van der Waals surface area contributed by atoms with Crippen molar-refractivity contribution in [3.05, 3.63) is 62.6 Å². The predicted molar refractivity (Wildman–Crippen MR) is 132 cm³/mol. The first-order chi connectivity index (χ1) is 16.1. The van der Waals surface area contributed by atoms with Crippen molar-refractivity contribution < 1.29 is 4.79 Å². The van der Waals surface area contributed by atoms with Gasteiger partial charge in [0.05, 0.1) is 10.3 Å². The molecule has 33 heavy (non-hydrogen) atoms. The highest BCUT2D eigenvalue weighted by molar-refractivity contribution is 7.20. The van der Waals surface area contributed by atoms with E-state index in [0.717, 1.165) is 74.4 Å². The summed E-state index contributed by atoms with van der Waals surface area (Å²) in [6, 6.07) is 8.42. The standard InChI is InChI=1S/C26H28N4O2S/c1-16-22-24(28-21-9-3-2-6-12-30(21)25(22)31)33-23(16)26(32)29-13-10-17(11-14-29)19-15-27-20-8-5-4-7-18(19)20/h4-5,7-8,15,17,27H,2-3,6,9-14H2,1H3. The number of benzene rings is 1. The van der Waals surface area contributed by atoms with Crippen molar-refractivity contribution in [2.24, 2.45) is 0 Å². The van der Waals surface area contributed by atoms with Gasteiger partial charge < -0.3 is 9.88 Å². The Kier molecular flexibility index (Phi) is 5.09. The number of aromatic nitrogens is 3. The number of aromatic amines is 1. The minimum Gasteiger partial charge on any atom is -0.361 e. The van der Waals surface area contributed by atoms with Gasteiger partial charge in [-0.3, -0.25) is 14.2 Å². The molecule has 170 valence electrons. The van der Waals surface area contributed by atoms with Gasteiger partial charge in [0.25, 0.3) is 11.5 Å². The predicted octanol–water partition coefficient (Wildman–Crippen LogP) is 4.99. The van der Waals surface area contributed by atoms with Gasteiger partial charge >= 0.3 is 0 Å². The Bertz CT molecular complexity index is 1420. The molecule has 1 aromatic carbocycles. The lowest BCUT2D eigenvalue weighted by molar-refractivity contribution is 0.0717. The van der Waals surface area contributed by atoms with Gasteiger partial charge in [-0.2, -0.15) is 0 Å². The van der Waals surface area contributed by atoms with E-state index in [2.05, 4.69) is 35.4 Å². The second-order valence-electron chi connectivity index (χ2n) is 9.39. The first-order valence-electron chi connectivity index (χ1n) is 12.0. The summed E-state index contributed by atoms with van der Waals surface area (Å²) in [5, 5.41) is 1.93. The number of rotatable bonds is 2. The molecular formula is C26H28N4O2S. The SMILES string of the molecule is Cc1c(C(=O)N2CCC(c3c[nH]c4ccccc34)CC2)sc2nc3n(c(=O)c12)CCCCC3. The lowest BCUT2D eigenvalue weighted by Gasteiger charge is -2.32. The lowest BCUT2D eigenvalue weighted by Crippen LogP contribution is -2.37. The van der Waals surface area contributed by atoms with Crippen molar-refractivity contribution in [3.63, 3.8) is 0 Å². The number of carbonyl (C=O) groups excluding carboxylic acids is 1. The molecular weight excluding hydrogens is 432 g/mol. The van der Waals surface area contributed by atoms with E-state index in [1.807, 2.05) is 16.4 Å². The smallest absolute Gasteiger partial charge is 0.264 e. The van der Waals surface area contributed by atoms with E-state index in [1.165, 1.54) is 27.8 Å². The number of amides is 1. The van der Waals surface area contributed by atoms with Crippen LogP contribution >= 0.6 is 11.3 Å². The zero-order valence-electron chi connectivity index (χ0n) is 18.9. The van der Waals surface area contributed by atoms with Gasteiger partial charge in [0.1, 0.15) is 10.7 Å². The molecule has 4 aromatic rings. The van der Waals surface area contributed by atoms with Crippen LogP contribution in [-0.4, -0.2) is 38.4 Å². The van der Waals surface area contributed by atoms with Crippen molar-refractivity contribution >= 4 is 38.4 Å². The van der Waals surface area contributed by atoms with Crippen LogP contribution in [0.5, 0.6) is 0 Å². The molecule has 2 aliphatic heterocycles. The molecule has 0 saturated carbocycles. The molecule has 7 heteroatoms. The topological polar surface area (TPSA) is 71.0 Å². The molecule has 1 saturated heterocycles. The van der Waals surface area contributed by atoms with Gasteiger partial charge in [0, 0.05) is 43.2 Å². The molecule has 1 amide bonds. The van der Waals surface area contributed by atoms with Crippen LogP contribution < -0.4 is 5.56 Å². The minimum absolute atomic E-state index is 0.0303. The molecule has 6 nitrogen and oxygen atoms in total. The zero-order valence-corrected chi connectivity index (χ0v) is 19.7. The Morgan fingerprint density at radius 3 is 2.79 bits per heavy atom. The Morgan fingerprint density at radius 2 is 1.94 bits per heavy atom. The van der Waals surface area contributed by atoms with Crippen LogP contribution in [0.15, 0.2) is 35.3 Å². The van der Waals surface area contributed by atoms with E-state index in [0.29, 0.717) is 16.2 Å². The number of thiophene rings is 1. The molecule has 6 rings (SSSR count). The second kappa shape index (κ2) is 8.13. The summed E-state index contributed by atoms with van der Waals surface area (Å²) in [6.45, 7) is 4.12. The monoisotopic (exact) mass is 460 g/mol. The Morgan fingerprint density at radius 1 is 1.12 bits per heavy atom. The van der Waals surface area contributed by atoms with Gasteiger partial charge in [-0.1, -0.05) is 24.6 Å². The van der Waals surface area contributed by atoms with Crippen LogP contribution in [0.2, 0.25) is 0 Å². The van der Waals surface area contributed by atoms with Crippen molar-refractivity contribution in [2.75, 3.05) is 13.1 Å². The summed E-state index contributed by atoms with van der Waals surface area (Å²) >= 11 is 1.40. The Balaban J connectivity index is 1.26. The van der Waals surface area contributed by atoms with Crippen LogP contribution in [-0.2, 0) is 13.0 Å². The number of H-pyrrole nitrogens is 1. The number of aryl methyl sites for hydroxylation is 2. The fourth-order valence-electron chi connectivity index (χ4n) is 5.58. The quantitative estimate of drug-likeness (QED) is 0.458. The molecule has 0 radical (unpaired) electrons. The Hall–Kier alpha value is -2.93. The van der Waals surface area contributed by atoms with Crippen molar-refractivity contribution in [2.45, 2.75) is 57.9 Å². The molecule has 1 N–H and O–H groups in total. The van der Waals surface area contributed by atoms with Gasteiger partial charge in [0.15, 0.2) is 0 Å².